The number of hydrogen-bond donors (Lipinski definition) is 0. The second-order valence-electron chi connectivity index (χ2n) is 4.86. The molecule has 1 fully saturated rings. The van der Waals surface area contributed by atoms with Gasteiger partial charge in [0.05, 0.1) is 37.6 Å². The molecule has 112 valence electrons. The van der Waals surface area contributed by atoms with Crippen molar-refractivity contribution in [3.05, 3.63) is 33.6 Å². The lowest BCUT2D eigenvalue weighted by Gasteiger charge is -2.25. The van der Waals surface area contributed by atoms with Gasteiger partial charge in [-0.15, -0.1) is 11.3 Å². The van der Waals surface area contributed by atoms with Gasteiger partial charge in [-0.05, 0) is 18.2 Å². The van der Waals surface area contributed by atoms with Crippen molar-refractivity contribution in [3.63, 3.8) is 0 Å². The summed E-state index contributed by atoms with van der Waals surface area (Å²) >= 11 is 7.86. The molecule has 0 radical (unpaired) electrons. The van der Waals surface area contributed by atoms with E-state index < -0.39 is 0 Å². The summed E-state index contributed by atoms with van der Waals surface area (Å²) in [5.74, 6) is 0.684. The number of halogens is 1. The Hall–Kier alpha value is -1.14. The van der Waals surface area contributed by atoms with Gasteiger partial charge in [0.1, 0.15) is 10.8 Å². The van der Waals surface area contributed by atoms with Crippen molar-refractivity contribution >= 4 is 22.9 Å². The van der Waals surface area contributed by atoms with Gasteiger partial charge in [-0.3, -0.25) is 4.90 Å². The Morgan fingerprint density at radius 1 is 1.38 bits per heavy atom. The molecule has 6 heteroatoms. The first-order valence-electron chi connectivity index (χ1n) is 6.84. The van der Waals surface area contributed by atoms with Crippen LogP contribution in [0, 0.1) is 0 Å². The summed E-state index contributed by atoms with van der Waals surface area (Å²) in [4.78, 5) is 7.08. The Kier molecular flexibility index (Phi) is 4.75. The highest BCUT2D eigenvalue weighted by Crippen LogP contribution is 2.30. The van der Waals surface area contributed by atoms with E-state index in [0.717, 1.165) is 49.1 Å². The molecule has 2 aromatic rings. The van der Waals surface area contributed by atoms with E-state index >= 15 is 0 Å². The van der Waals surface area contributed by atoms with E-state index in [4.69, 9.17) is 26.1 Å². The molecule has 0 atom stereocenters. The van der Waals surface area contributed by atoms with Crippen LogP contribution in [0.3, 0.4) is 0 Å². The van der Waals surface area contributed by atoms with Gasteiger partial charge < -0.3 is 9.47 Å². The third-order valence-corrected chi connectivity index (χ3v) is 4.59. The predicted molar refractivity (Wildman–Crippen MR) is 85.2 cm³/mol. The molecule has 0 N–H and O–H groups in total. The Labute approximate surface area is 133 Å². The van der Waals surface area contributed by atoms with Gasteiger partial charge in [0, 0.05) is 24.0 Å². The van der Waals surface area contributed by atoms with E-state index in [1.165, 1.54) is 0 Å². The lowest BCUT2D eigenvalue weighted by atomic mass is 10.2. The molecule has 3 rings (SSSR count). The van der Waals surface area contributed by atoms with Crippen LogP contribution in [-0.4, -0.2) is 43.3 Å². The van der Waals surface area contributed by atoms with Crippen LogP contribution in [0.2, 0.25) is 5.02 Å². The zero-order valence-electron chi connectivity index (χ0n) is 11.8. The number of morpholine rings is 1. The molecular formula is C15H17ClN2O2S. The van der Waals surface area contributed by atoms with E-state index in [-0.39, 0.29) is 0 Å². The predicted octanol–water partition coefficient (Wildman–Crippen LogP) is 3.30. The molecule has 21 heavy (non-hydrogen) atoms. The molecule has 1 aliphatic heterocycles. The Balaban J connectivity index is 1.73. The summed E-state index contributed by atoms with van der Waals surface area (Å²) in [6.07, 6.45) is 0. The standard InChI is InChI=1S/C15H17ClN2O2S/c1-19-14-3-2-11(8-12(14)16)13-10-21-15(17-13)9-18-4-6-20-7-5-18/h2-3,8,10H,4-7,9H2,1H3. The maximum absolute atomic E-state index is 6.17. The molecule has 1 aliphatic rings. The monoisotopic (exact) mass is 324 g/mol. The molecule has 1 aromatic heterocycles. The Morgan fingerprint density at radius 2 is 2.19 bits per heavy atom. The van der Waals surface area contributed by atoms with Gasteiger partial charge >= 0.3 is 0 Å². The van der Waals surface area contributed by atoms with Crippen molar-refractivity contribution in [2.24, 2.45) is 0 Å². The Morgan fingerprint density at radius 3 is 2.90 bits per heavy atom. The van der Waals surface area contributed by atoms with Gasteiger partial charge in [0.2, 0.25) is 0 Å². The number of ether oxygens (including phenoxy) is 2. The van der Waals surface area contributed by atoms with E-state index in [1.807, 2.05) is 18.2 Å². The number of aromatic nitrogens is 1. The van der Waals surface area contributed by atoms with Crippen LogP contribution in [-0.2, 0) is 11.3 Å². The molecule has 0 amide bonds. The second kappa shape index (κ2) is 6.75. The number of benzene rings is 1. The lowest BCUT2D eigenvalue weighted by Crippen LogP contribution is -2.35. The van der Waals surface area contributed by atoms with Crippen molar-refractivity contribution < 1.29 is 9.47 Å². The molecule has 1 saturated heterocycles. The van der Waals surface area contributed by atoms with Crippen molar-refractivity contribution in [2.75, 3.05) is 33.4 Å². The number of methoxy groups -OCH3 is 1. The van der Waals surface area contributed by atoms with Crippen LogP contribution in [0.25, 0.3) is 11.3 Å². The highest BCUT2D eigenvalue weighted by atomic mass is 35.5. The molecule has 0 spiro atoms. The van der Waals surface area contributed by atoms with E-state index in [0.29, 0.717) is 10.8 Å². The van der Waals surface area contributed by atoms with Gasteiger partial charge in [-0.1, -0.05) is 11.6 Å². The highest BCUT2D eigenvalue weighted by molar-refractivity contribution is 7.09. The van der Waals surface area contributed by atoms with Crippen LogP contribution in [0.1, 0.15) is 5.01 Å². The molecule has 4 nitrogen and oxygen atoms in total. The van der Waals surface area contributed by atoms with E-state index in [2.05, 4.69) is 10.3 Å². The average molecular weight is 325 g/mol. The van der Waals surface area contributed by atoms with Crippen LogP contribution in [0.5, 0.6) is 5.75 Å². The quantitative estimate of drug-likeness (QED) is 0.864. The SMILES string of the molecule is COc1ccc(-c2csc(CN3CCOCC3)n2)cc1Cl. The van der Waals surface area contributed by atoms with Crippen LogP contribution in [0.15, 0.2) is 23.6 Å². The van der Waals surface area contributed by atoms with Crippen molar-refractivity contribution in [1.82, 2.24) is 9.88 Å². The summed E-state index contributed by atoms with van der Waals surface area (Å²) in [7, 11) is 1.62. The molecule has 1 aromatic carbocycles. The van der Waals surface area contributed by atoms with Crippen LogP contribution in [0.4, 0.5) is 0 Å². The highest BCUT2D eigenvalue weighted by Gasteiger charge is 2.13. The summed E-state index contributed by atoms with van der Waals surface area (Å²) < 4.78 is 10.5. The molecule has 0 unspecified atom stereocenters. The van der Waals surface area contributed by atoms with Crippen molar-refractivity contribution in [3.8, 4) is 17.0 Å². The largest absolute Gasteiger partial charge is 0.495 e. The summed E-state index contributed by atoms with van der Waals surface area (Å²) in [6, 6.07) is 5.75. The molecule has 0 bridgehead atoms. The fourth-order valence-corrected chi connectivity index (χ4v) is 3.39. The second-order valence-corrected chi connectivity index (χ2v) is 6.21. The summed E-state index contributed by atoms with van der Waals surface area (Å²) in [6.45, 7) is 4.46. The third-order valence-electron chi connectivity index (χ3n) is 3.46. The normalized spacial score (nSPS) is 16.1. The lowest BCUT2D eigenvalue weighted by molar-refractivity contribution is 0.0342. The maximum Gasteiger partial charge on any atom is 0.137 e. The number of hydrogen-bond acceptors (Lipinski definition) is 5. The van der Waals surface area contributed by atoms with Gasteiger partial charge in [0.25, 0.3) is 0 Å². The van der Waals surface area contributed by atoms with Crippen molar-refractivity contribution in [1.29, 1.82) is 0 Å². The molecule has 0 aliphatic carbocycles. The maximum atomic E-state index is 6.17. The van der Waals surface area contributed by atoms with Gasteiger partial charge in [0.15, 0.2) is 0 Å². The van der Waals surface area contributed by atoms with Crippen LogP contribution < -0.4 is 4.74 Å². The minimum Gasteiger partial charge on any atom is -0.495 e. The minimum atomic E-state index is 0.609. The zero-order valence-corrected chi connectivity index (χ0v) is 13.4. The molecule has 2 heterocycles. The number of rotatable bonds is 4. The number of thiazole rings is 1. The van der Waals surface area contributed by atoms with E-state index in [1.54, 1.807) is 18.4 Å². The fraction of sp³-hybridized carbons (Fsp3) is 0.400. The molecular weight excluding hydrogens is 308 g/mol. The van der Waals surface area contributed by atoms with Crippen molar-refractivity contribution in [2.45, 2.75) is 6.54 Å². The topological polar surface area (TPSA) is 34.6 Å². The number of nitrogens with zero attached hydrogens (tertiary/aromatic N) is 2. The Bertz CT molecular complexity index is 611. The first kappa shape index (κ1) is 14.8. The summed E-state index contributed by atoms with van der Waals surface area (Å²) in [5, 5.41) is 3.81. The van der Waals surface area contributed by atoms with E-state index in [9.17, 15) is 0 Å². The first-order valence-corrected chi connectivity index (χ1v) is 8.10. The third kappa shape index (κ3) is 3.55. The first-order chi connectivity index (χ1) is 10.3. The molecule has 0 saturated carbocycles. The fourth-order valence-electron chi connectivity index (χ4n) is 2.29. The smallest absolute Gasteiger partial charge is 0.137 e. The van der Waals surface area contributed by atoms with Crippen LogP contribution >= 0.6 is 22.9 Å². The summed E-state index contributed by atoms with van der Waals surface area (Å²) in [5.41, 5.74) is 1.98. The van der Waals surface area contributed by atoms with Gasteiger partial charge in [-0.2, -0.15) is 0 Å². The minimum absolute atomic E-state index is 0.609. The van der Waals surface area contributed by atoms with Gasteiger partial charge in [-0.25, -0.2) is 4.98 Å². The average Bonchev–Trinajstić information content (AvgIpc) is 2.97. The zero-order chi connectivity index (χ0) is 14.7.